The zero-order valence-electron chi connectivity index (χ0n) is 19.3. The molecule has 0 amide bonds. The molecule has 4 heteroatoms. The molecule has 30 heavy (non-hydrogen) atoms. The largest absolute Gasteiger partial charge is 0.393 e. The molecule has 8 atom stereocenters. The van der Waals surface area contributed by atoms with E-state index in [1.165, 1.54) is 36.8 Å². The van der Waals surface area contributed by atoms with Crippen LogP contribution < -0.4 is 0 Å². The zero-order valence-corrected chi connectivity index (χ0v) is 19.3. The van der Waals surface area contributed by atoms with Crippen LogP contribution in [0.4, 0.5) is 0 Å². The fourth-order valence-electron chi connectivity index (χ4n) is 8.27. The van der Waals surface area contributed by atoms with Crippen molar-refractivity contribution in [2.45, 2.75) is 97.8 Å². The molecule has 0 aliphatic heterocycles. The van der Waals surface area contributed by atoms with Crippen molar-refractivity contribution in [2.24, 2.45) is 34.5 Å². The first-order valence-electron chi connectivity index (χ1n) is 12.4. The molecular formula is C26H40N2O2. The van der Waals surface area contributed by atoms with Gasteiger partial charge in [-0.3, -0.25) is 4.68 Å². The van der Waals surface area contributed by atoms with E-state index in [-0.39, 0.29) is 17.6 Å². The van der Waals surface area contributed by atoms with Gasteiger partial charge < -0.3 is 10.2 Å². The zero-order chi connectivity index (χ0) is 21.3. The van der Waals surface area contributed by atoms with Crippen LogP contribution in [0.25, 0.3) is 6.08 Å². The Balaban J connectivity index is 1.44. The molecular weight excluding hydrogens is 372 g/mol. The highest BCUT2D eigenvalue weighted by atomic mass is 16.3. The summed E-state index contributed by atoms with van der Waals surface area (Å²) in [4.78, 5) is 0. The van der Waals surface area contributed by atoms with Gasteiger partial charge in [0.15, 0.2) is 0 Å². The van der Waals surface area contributed by atoms with Crippen LogP contribution in [0, 0.1) is 41.4 Å². The molecule has 0 bridgehead atoms. The highest BCUT2D eigenvalue weighted by molar-refractivity contribution is 5.56. The third-order valence-corrected chi connectivity index (χ3v) is 10.2. The molecule has 4 saturated carbocycles. The predicted octanol–water partition coefficient (Wildman–Crippen LogP) is 4.97. The number of nitrogens with zero attached hydrogens (tertiary/aromatic N) is 2. The second-order valence-corrected chi connectivity index (χ2v) is 11.5. The van der Waals surface area contributed by atoms with Crippen molar-refractivity contribution in [1.29, 1.82) is 0 Å². The second-order valence-electron chi connectivity index (χ2n) is 11.5. The summed E-state index contributed by atoms with van der Waals surface area (Å²) in [5.41, 5.74) is 3.86. The van der Waals surface area contributed by atoms with E-state index in [2.05, 4.69) is 45.1 Å². The summed E-state index contributed by atoms with van der Waals surface area (Å²) in [6, 6.07) is 0. The maximum absolute atomic E-state index is 11.5. The van der Waals surface area contributed by atoms with Crippen molar-refractivity contribution < 1.29 is 10.2 Å². The Morgan fingerprint density at radius 3 is 2.60 bits per heavy atom. The Hall–Kier alpha value is -1.13. The van der Waals surface area contributed by atoms with E-state index < -0.39 is 0 Å². The molecule has 4 fully saturated rings. The molecule has 0 spiro atoms. The smallest absolute Gasteiger partial charge is 0.0809 e. The van der Waals surface area contributed by atoms with Crippen molar-refractivity contribution in [3.8, 4) is 0 Å². The van der Waals surface area contributed by atoms with E-state index in [1.54, 1.807) is 0 Å². The van der Waals surface area contributed by atoms with E-state index in [0.29, 0.717) is 17.3 Å². The average molecular weight is 413 g/mol. The van der Waals surface area contributed by atoms with E-state index in [9.17, 15) is 10.2 Å². The highest BCUT2D eigenvalue weighted by Crippen LogP contribution is 2.67. The number of aliphatic hydroxyl groups excluding tert-OH is 2. The summed E-state index contributed by atoms with van der Waals surface area (Å²) in [6.45, 7) is 9.97. The maximum atomic E-state index is 11.5. The monoisotopic (exact) mass is 412 g/mol. The molecule has 4 nitrogen and oxygen atoms in total. The van der Waals surface area contributed by atoms with Gasteiger partial charge in [-0.25, -0.2) is 0 Å². The van der Waals surface area contributed by atoms with Gasteiger partial charge in [-0.05, 0) is 106 Å². The number of aliphatic hydroxyl groups is 2. The van der Waals surface area contributed by atoms with Gasteiger partial charge in [0.2, 0.25) is 0 Å². The van der Waals surface area contributed by atoms with Crippen LogP contribution in [0.2, 0.25) is 0 Å². The van der Waals surface area contributed by atoms with Gasteiger partial charge in [-0.15, -0.1) is 0 Å². The minimum Gasteiger partial charge on any atom is -0.393 e. The maximum Gasteiger partial charge on any atom is 0.0809 e. The van der Waals surface area contributed by atoms with Gasteiger partial charge >= 0.3 is 0 Å². The van der Waals surface area contributed by atoms with Crippen LogP contribution in [0.15, 0.2) is 11.8 Å². The van der Waals surface area contributed by atoms with Crippen molar-refractivity contribution in [3.63, 3.8) is 0 Å². The van der Waals surface area contributed by atoms with Gasteiger partial charge in [0.05, 0.1) is 17.9 Å². The summed E-state index contributed by atoms with van der Waals surface area (Å²) in [7, 11) is 0. The molecule has 0 unspecified atom stereocenters. The summed E-state index contributed by atoms with van der Waals surface area (Å²) < 4.78 is 1.99. The van der Waals surface area contributed by atoms with Crippen LogP contribution in [-0.2, 0) is 6.54 Å². The van der Waals surface area contributed by atoms with Gasteiger partial charge in [-0.1, -0.05) is 13.8 Å². The standard InChI is InChI=1S/C26H40N2O2/c1-5-28-15-18(16(2)27-28)12-17-13-23-21-7-6-19-14-20(29)8-10-25(19,3)22(21)9-11-26(23,4)24(17)30/h12,15,19-24,29-30H,5-11,13-14H2,1-4H3/b17-12+/t19-,20+,21+,22-,23-,24+,25-,26-/m0/s1. The molecule has 0 radical (unpaired) electrons. The lowest BCUT2D eigenvalue weighted by Gasteiger charge is -2.60. The Morgan fingerprint density at radius 2 is 1.87 bits per heavy atom. The number of hydrogen-bond donors (Lipinski definition) is 2. The van der Waals surface area contributed by atoms with E-state index in [0.717, 1.165) is 49.8 Å². The van der Waals surface area contributed by atoms with Gasteiger partial charge in [0.1, 0.15) is 0 Å². The topological polar surface area (TPSA) is 58.3 Å². The van der Waals surface area contributed by atoms with Crippen molar-refractivity contribution in [1.82, 2.24) is 9.78 Å². The normalized spacial score (nSPS) is 47.1. The van der Waals surface area contributed by atoms with E-state index >= 15 is 0 Å². The van der Waals surface area contributed by atoms with E-state index in [1.807, 2.05) is 4.68 Å². The summed E-state index contributed by atoms with van der Waals surface area (Å²) in [5.74, 6) is 2.76. The number of rotatable bonds is 2. The molecule has 2 N–H and O–H groups in total. The Morgan fingerprint density at radius 1 is 1.10 bits per heavy atom. The Labute approximate surface area is 181 Å². The van der Waals surface area contributed by atoms with Crippen LogP contribution >= 0.6 is 0 Å². The summed E-state index contributed by atoms with van der Waals surface area (Å²) >= 11 is 0. The predicted molar refractivity (Wildman–Crippen MR) is 120 cm³/mol. The van der Waals surface area contributed by atoms with E-state index in [4.69, 9.17) is 0 Å². The average Bonchev–Trinajstić information content (AvgIpc) is 3.20. The summed E-state index contributed by atoms with van der Waals surface area (Å²) in [6.07, 6.45) is 13.1. The van der Waals surface area contributed by atoms with Gasteiger partial charge in [-0.2, -0.15) is 5.10 Å². The third kappa shape index (κ3) is 2.97. The fraction of sp³-hybridized carbons (Fsp3) is 0.808. The highest BCUT2D eigenvalue weighted by Gasteiger charge is 2.61. The minimum atomic E-state index is -0.327. The molecule has 1 aromatic heterocycles. The van der Waals surface area contributed by atoms with Crippen LogP contribution in [-0.4, -0.2) is 32.2 Å². The van der Waals surface area contributed by atoms with Crippen molar-refractivity contribution >= 4 is 6.08 Å². The number of aryl methyl sites for hydroxylation is 2. The lowest BCUT2D eigenvalue weighted by molar-refractivity contribution is -0.133. The lowest BCUT2D eigenvalue weighted by atomic mass is 9.45. The Kier molecular flexibility index (Phi) is 4.98. The first kappa shape index (κ1) is 20.8. The SMILES string of the molecule is CCn1cc(/C=C2\C[C@H]3[C@@H]4CC[C@H]5C[C@H](O)CC[C@]5(C)[C@H]4CC[C@]3(C)[C@@H]2O)c(C)n1. The molecule has 4 aliphatic carbocycles. The number of fused-ring (bicyclic) bond motifs is 5. The quantitative estimate of drug-likeness (QED) is 0.721. The molecule has 1 aromatic rings. The molecule has 5 rings (SSSR count). The van der Waals surface area contributed by atoms with Crippen LogP contribution in [0.5, 0.6) is 0 Å². The van der Waals surface area contributed by atoms with Crippen molar-refractivity contribution in [2.75, 3.05) is 0 Å². The fourth-order valence-corrected chi connectivity index (χ4v) is 8.27. The Bertz CT molecular complexity index is 844. The molecule has 0 saturated heterocycles. The van der Waals surface area contributed by atoms with Gasteiger partial charge in [0, 0.05) is 23.7 Å². The van der Waals surface area contributed by atoms with Crippen LogP contribution in [0.3, 0.4) is 0 Å². The molecule has 1 heterocycles. The second kappa shape index (κ2) is 7.20. The molecule has 166 valence electrons. The summed E-state index contributed by atoms with van der Waals surface area (Å²) in [5, 5.41) is 26.3. The third-order valence-electron chi connectivity index (χ3n) is 10.2. The minimum absolute atomic E-state index is 0.0129. The molecule has 4 aliphatic rings. The van der Waals surface area contributed by atoms with Crippen LogP contribution in [0.1, 0.15) is 83.4 Å². The first-order chi connectivity index (χ1) is 14.3. The van der Waals surface area contributed by atoms with Crippen molar-refractivity contribution in [3.05, 3.63) is 23.0 Å². The number of aromatic nitrogens is 2. The van der Waals surface area contributed by atoms with Gasteiger partial charge in [0.25, 0.3) is 0 Å². The molecule has 0 aromatic carbocycles. The number of hydrogen-bond acceptors (Lipinski definition) is 3. The first-order valence-corrected chi connectivity index (χ1v) is 12.4. The lowest BCUT2D eigenvalue weighted by Crippen LogP contribution is -2.54.